The fourth-order valence-electron chi connectivity index (χ4n) is 4.44. The summed E-state index contributed by atoms with van der Waals surface area (Å²) in [6.07, 6.45) is 3.42. The number of aromatic nitrogens is 3. The second-order valence-corrected chi connectivity index (χ2v) is 10.1. The number of halogens is 1. The summed E-state index contributed by atoms with van der Waals surface area (Å²) in [6, 6.07) is 6.75. The molecule has 0 spiro atoms. The number of hydrogen-bond acceptors (Lipinski definition) is 6. The zero-order chi connectivity index (χ0) is 24.7. The summed E-state index contributed by atoms with van der Waals surface area (Å²) in [4.78, 5) is 26.2. The van der Waals surface area contributed by atoms with Crippen molar-refractivity contribution in [1.29, 1.82) is 0 Å². The maximum Gasteiger partial charge on any atom is 0.317 e. The third-order valence-electron chi connectivity index (χ3n) is 6.16. The standard InChI is InChI=1S/C25H30FN7O2/c1-25(2,3)35-18-12-33(13-18)24(34)27-9-16-6-5-15(7-20(16)26)22-19-8-21(17-10-30-32(4)11-17)31-23(19)29-14-28-22/h5-8,10,14,17-18H,9,11-13H2,1-4H3,(H,27,34)(H,28,29,31). The number of rotatable bonds is 5. The fourth-order valence-corrected chi connectivity index (χ4v) is 4.44. The highest BCUT2D eigenvalue weighted by atomic mass is 19.1. The van der Waals surface area contributed by atoms with Crippen LogP contribution in [-0.4, -0.2) is 75.5 Å². The number of nitrogens with one attached hydrogen (secondary N) is 2. The highest BCUT2D eigenvalue weighted by Gasteiger charge is 2.34. The van der Waals surface area contributed by atoms with Crippen molar-refractivity contribution in [1.82, 2.24) is 30.2 Å². The maximum atomic E-state index is 15.0. The van der Waals surface area contributed by atoms with E-state index in [9.17, 15) is 9.18 Å². The van der Waals surface area contributed by atoms with Crippen LogP contribution in [0.4, 0.5) is 9.18 Å². The van der Waals surface area contributed by atoms with E-state index in [1.165, 1.54) is 12.4 Å². The zero-order valence-electron chi connectivity index (χ0n) is 20.4. The quantitative estimate of drug-likeness (QED) is 0.584. The minimum atomic E-state index is -0.396. The monoisotopic (exact) mass is 479 g/mol. The molecular formula is C25H30FN7O2. The van der Waals surface area contributed by atoms with Crippen molar-refractivity contribution in [3.63, 3.8) is 0 Å². The number of likely N-dealkylation sites (tertiary alicyclic amines) is 1. The largest absolute Gasteiger partial charge is 0.369 e. The van der Waals surface area contributed by atoms with E-state index >= 15 is 0 Å². The maximum absolute atomic E-state index is 15.0. The molecule has 1 fully saturated rings. The van der Waals surface area contributed by atoms with Gasteiger partial charge in [-0.15, -0.1) is 0 Å². The van der Waals surface area contributed by atoms with Crippen LogP contribution in [0.1, 0.15) is 37.9 Å². The lowest BCUT2D eigenvalue weighted by molar-refractivity contribution is -0.111. The van der Waals surface area contributed by atoms with Gasteiger partial charge in [-0.2, -0.15) is 5.10 Å². The smallest absolute Gasteiger partial charge is 0.317 e. The van der Waals surface area contributed by atoms with Crippen LogP contribution >= 0.6 is 0 Å². The van der Waals surface area contributed by atoms with Gasteiger partial charge in [0.25, 0.3) is 0 Å². The first kappa shape index (κ1) is 23.2. The number of nitrogens with zero attached hydrogens (tertiary/aromatic N) is 5. The number of carbonyl (C=O) groups is 1. The van der Waals surface area contributed by atoms with Crippen molar-refractivity contribution < 1.29 is 13.9 Å². The van der Waals surface area contributed by atoms with Crippen LogP contribution in [0.5, 0.6) is 0 Å². The van der Waals surface area contributed by atoms with Gasteiger partial charge in [0, 0.05) is 48.6 Å². The lowest BCUT2D eigenvalue weighted by Crippen LogP contribution is -2.59. The molecule has 0 radical (unpaired) electrons. The van der Waals surface area contributed by atoms with E-state index in [-0.39, 0.29) is 30.2 Å². The Hall–Kier alpha value is -3.53. The molecule has 0 bridgehead atoms. The lowest BCUT2D eigenvalue weighted by Gasteiger charge is -2.41. The molecule has 2 aliphatic heterocycles. The summed E-state index contributed by atoms with van der Waals surface area (Å²) in [6.45, 7) is 7.94. The molecular weight excluding hydrogens is 449 g/mol. The lowest BCUT2D eigenvalue weighted by atomic mass is 10.0. The number of H-pyrrole nitrogens is 1. The van der Waals surface area contributed by atoms with Crippen molar-refractivity contribution in [3.05, 3.63) is 47.7 Å². The summed E-state index contributed by atoms with van der Waals surface area (Å²) < 4.78 is 20.8. The molecule has 1 saturated heterocycles. The molecule has 9 nitrogen and oxygen atoms in total. The second kappa shape index (κ2) is 8.92. The molecule has 2 aromatic heterocycles. The molecule has 1 unspecified atom stereocenters. The number of carbonyl (C=O) groups excluding carboxylic acids is 1. The number of benzene rings is 1. The van der Waals surface area contributed by atoms with Gasteiger partial charge >= 0.3 is 6.03 Å². The molecule has 35 heavy (non-hydrogen) atoms. The molecule has 1 aromatic carbocycles. The van der Waals surface area contributed by atoms with Crippen LogP contribution in [0.15, 0.2) is 35.7 Å². The van der Waals surface area contributed by atoms with Gasteiger partial charge in [-0.1, -0.05) is 12.1 Å². The van der Waals surface area contributed by atoms with Crippen molar-refractivity contribution in [2.24, 2.45) is 5.10 Å². The Bertz CT molecular complexity index is 1280. The molecule has 5 rings (SSSR count). The van der Waals surface area contributed by atoms with Gasteiger partial charge in [0.2, 0.25) is 0 Å². The summed E-state index contributed by atoms with van der Waals surface area (Å²) in [7, 11) is 1.93. The van der Waals surface area contributed by atoms with Gasteiger partial charge in [-0.3, -0.25) is 5.01 Å². The van der Waals surface area contributed by atoms with E-state index in [1.807, 2.05) is 51.2 Å². The number of urea groups is 1. The Balaban J connectivity index is 1.25. The van der Waals surface area contributed by atoms with E-state index in [2.05, 4.69) is 25.4 Å². The number of amides is 2. The van der Waals surface area contributed by atoms with Gasteiger partial charge in [0.05, 0.1) is 36.4 Å². The molecule has 4 heterocycles. The van der Waals surface area contributed by atoms with Crippen molar-refractivity contribution in [2.75, 3.05) is 26.7 Å². The van der Waals surface area contributed by atoms with Crippen LogP contribution in [-0.2, 0) is 11.3 Å². The molecule has 2 amide bonds. The van der Waals surface area contributed by atoms with Crippen LogP contribution in [0.3, 0.4) is 0 Å². The average molecular weight is 480 g/mol. The zero-order valence-corrected chi connectivity index (χ0v) is 20.4. The Labute approximate surface area is 203 Å². The normalized spacial score (nSPS) is 18.4. The molecule has 0 aliphatic carbocycles. The van der Waals surface area contributed by atoms with Crippen molar-refractivity contribution in [3.8, 4) is 11.3 Å². The highest BCUT2D eigenvalue weighted by Crippen LogP contribution is 2.30. The predicted molar refractivity (Wildman–Crippen MR) is 132 cm³/mol. The van der Waals surface area contributed by atoms with E-state index < -0.39 is 5.82 Å². The number of ether oxygens (including phenoxy) is 1. The minimum absolute atomic E-state index is 0.0391. The molecule has 2 N–H and O–H groups in total. The van der Waals surface area contributed by atoms with Crippen molar-refractivity contribution >= 4 is 23.3 Å². The summed E-state index contributed by atoms with van der Waals surface area (Å²) >= 11 is 0. The minimum Gasteiger partial charge on any atom is -0.369 e. The van der Waals surface area contributed by atoms with Gasteiger partial charge in [0.1, 0.15) is 17.8 Å². The van der Waals surface area contributed by atoms with Crippen molar-refractivity contribution in [2.45, 2.75) is 44.9 Å². The van der Waals surface area contributed by atoms with Gasteiger partial charge in [0.15, 0.2) is 0 Å². The number of aromatic amines is 1. The first-order valence-electron chi connectivity index (χ1n) is 11.7. The van der Waals surface area contributed by atoms with Gasteiger partial charge < -0.3 is 19.9 Å². The van der Waals surface area contributed by atoms with Gasteiger partial charge in [-0.25, -0.2) is 19.2 Å². The first-order valence-corrected chi connectivity index (χ1v) is 11.7. The fraction of sp³-hybridized carbons (Fsp3) is 0.440. The van der Waals surface area contributed by atoms with Gasteiger partial charge in [-0.05, 0) is 32.9 Å². The molecule has 2 aliphatic rings. The number of likely N-dealkylation sites (N-methyl/N-ethyl adjacent to an activating group) is 1. The van der Waals surface area contributed by atoms with E-state index in [0.29, 0.717) is 35.6 Å². The first-order chi connectivity index (χ1) is 16.7. The third-order valence-corrected chi connectivity index (χ3v) is 6.16. The Morgan fingerprint density at radius 3 is 2.71 bits per heavy atom. The summed E-state index contributed by atoms with van der Waals surface area (Å²) in [5, 5.41) is 9.81. The Morgan fingerprint density at radius 1 is 1.23 bits per heavy atom. The van der Waals surface area contributed by atoms with E-state index in [4.69, 9.17) is 4.74 Å². The molecule has 10 heteroatoms. The topological polar surface area (TPSA) is 98.7 Å². The predicted octanol–water partition coefficient (Wildman–Crippen LogP) is 3.49. The average Bonchev–Trinajstić information content (AvgIpc) is 3.40. The Morgan fingerprint density at radius 2 is 2.03 bits per heavy atom. The number of hydrazone groups is 1. The van der Waals surface area contributed by atoms with E-state index in [0.717, 1.165) is 17.6 Å². The highest BCUT2D eigenvalue weighted by molar-refractivity contribution is 5.92. The Kier molecular flexibility index (Phi) is 5.92. The SMILES string of the molecule is CN1CC(c2cc3c(-c4ccc(CNC(=O)N5CC(OC(C)(C)C)C5)c(F)c4)ncnc3[nH]2)C=N1. The summed E-state index contributed by atoms with van der Waals surface area (Å²) in [5.41, 5.74) is 3.18. The van der Waals surface area contributed by atoms with Crippen LogP contribution in [0.2, 0.25) is 0 Å². The second-order valence-electron chi connectivity index (χ2n) is 10.1. The number of hydrogen-bond donors (Lipinski definition) is 2. The molecule has 1 atom stereocenters. The molecule has 0 saturated carbocycles. The molecule has 184 valence electrons. The van der Waals surface area contributed by atoms with Crippen LogP contribution < -0.4 is 5.32 Å². The van der Waals surface area contributed by atoms with Crippen LogP contribution in [0, 0.1) is 5.82 Å². The third kappa shape index (κ3) is 4.97. The van der Waals surface area contributed by atoms with E-state index in [1.54, 1.807) is 11.0 Å². The number of fused-ring (bicyclic) bond motifs is 1. The summed E-state index contributed by atoms with van der Waals surface area (Å²) in [5.74, 6) is -0.251. The molecule has 3 aromatic rings. The van der Waals surface area contributed by atoms with Crippen LogP contribution in [0.25, 0.3) is 22.3 Å².